The number of nitrogens with zero attached hydrogens (tertiary/aromatic N) is 2. The Morgan fingerprint density at radius 3 is 1.62 bits per heavy atom. The second kappa shape index (κ2) is 15.0. The van der Waals surface area contributed by atoms with E-state index in [1.54, 1.807) is 11.1 Å². The molecule has 3 heteroatoms. The van der Waals surface area contributed by atoms with Gasteiger partial charge in [-0.2, -0.15) is 0 Å². The van der Waals surface area contributed by atoms with Gasteiger partial charge in [0.05, 0.1) is 22.1 Å². The Balaban J connectivity index is 0.869. The minimum Gasteiger partial charge on any atom is -0.309 e. The van der Waals surface area contributed by atoms with Gasteiger partial charge in [0.15, 0.2) is 0 Å². The SMILES string of the molecule is c1ccc(-c2cccc(-n3c4ccccc4c4ccc(-c5ccc6c7ccccc7n(-c7cc(-c8ccc9c(c8)C8(c%10ccccc%10-9)C9CC%10CC(C9)CC8C%10)c8sc9ccccc9c8c7)c6c5)cc43)c2)cc1. The quantitative estimate of drug-likeness (QED) is 0.163. The van der Waals surface area contributed by atoms with Crippen molar-refractivity contribution >= 4 is 75.1 Å². The van der Waals surface area contributed by atoms with Gasteiger partial charge in [-0.15, -0.1) is 11.3 Å². The molecule has 0 unspecified atom stereocenters. The summed E-state index contributed by atoms with van der Waals surface area (Å²) >= 11 is 1.96. The van der Waals surface area contributed by atoms with Crippen LogP contribution in [0.25, 0.3) is 120 Å². The highest BCUT2D eigenvalue weighted by atomic mass is 32.1. The van der Waals surface area contributed by atoms with Crippen LogP contribution in [0.1, 0.15) is 43.2 Å². The van der Waals surface area contributed by atoms with Crippen LogP contribution in [0.15, 0.2) is 218 Å². The Kier molecular flexibility index (Phi) is 8.36. The summed E-state index contributed by atoms with van der Waals surface area (Å²) in [5, 5.41) is 7.72. The van der Waals surface area contributed by atoms with E-state index in [4.69, 9.17) is 0 Å². The van der Waals surface area contributed by atoms with E-state index in [1.165, 1.54) is 146 Å². The van der Waals surface area contributed by atoms with Gasteiger partial charge >= 0.3 is 0 Å². The zero-order chi connectivity index (χ0) is 47.5. The normalized spacial score (nSPS) is 20.7. The zero-order valence-corrected chi connectivity index (χ0v) is 41.2. The Hall–Kier alpha value is -7.98. The van der Waals surface area contributed by atoms with E-state index in [2.05, 4.69) is 228 Å². The van der Waals surface area contributed by atoms with E-state index in [0.717, 1.165) is 29.4 Å². The van der Waals surface area contributed by atoms with Crippen molar-refractivity contribution in [2.24, 2.45) is 23.7 Å². The highest BCUT2D eigenvalue weighted by Crippen LogP contribution is 2.69. The first-order valence-electron chi connectivity index (χ1n) is 26.6. The number of thiophene rings is 1. The maximum atomic E-state index is 2.69. The second-order valence-electron chi connectivity index (χ2n) is 22.0. The van der Waals surface area contributed by atoms with Crippen LogP contribution >= 0.6 is 11.3 Å². The molecule has 0 atom stereocenters. The molecule has 0 amide bonds. The summed E-state index contributed by atoms with van der Waals surface area (Å²) in [5.74, 6) is 3.26. The third-order valence-corrected chi connectivity index (χ3v) is 19.7. The van der Waals surface area contributed by atoms with Crippen molar-refractivity contribution in [2.75, 3.05) is 0 Å². The Bertz CT molecular complexity index is 4440. The summed E-state index contributed by atoms with van der Waals surface area (Å²) in [7, 11) is 0. The van der Waals surface area contributed by atoms with Crippen LogP contribution in [-0.2, 0) is 5.41 Å². The van der Waals surface area contributed by atoms with Gasteiger partial charge in [0.1, 0.15) is 0 Å². The molecule has 73 heavy (non-hydrogen) atoms. The first-order valence-corrected chi connectivity index (χ1v) is 27.4. The number of hydrogen-bond donors (Lipinski definition) is 0. The molecule has 4 saturated carbocycles. The largest absolute Gasteiger partial charge is 0.309 e. The summed E-state index contributed by atoms with van der Waals surface area (Å²) in [6, 6.07) is 83.2. The van der Waals surface area contributed by atoms with Crippen molar-refractivity contribution in [3.8, 4) is 55.9 Å². The third-order valence-electron chi connectivity index (χ3n) is 18.5. The van der Waals surface area contributed by atoms with Crippen LogP contribution < -0.4 is 0 Å². The smallest absolute Gasteiger partial charge is 0.0547 e. The number of para-hydroxylation sites is 2. The van der Waals surface area contributed by atoms with Crippen molar-refractivity contribution in [1.29, 1.82) is 0 Å². The molecule has 18 rings (SSSR count). The fourth-order valence-electron chi connectivity index (χ4n) is 15.8. The molecule has 10 aromatic carbocycles. The molecule has 13 aromatic rings. The van der Waals surface area contributed by atoms with Gasteiger partial charge in [0.2, 0.25) is 0 Å². The van der Waals surface area contributed by atoms with Crippen molar-refractivity contribution in [3.05, 3.63) is 230 Å². The molecule has 3 heterocycles. The van der Waals surface area contributed by atoms with Crippen LogP contribution in [0.5, 0.6) is 0 Å². The maximum absolute atomic E-state index is 2.69. The molecule has 4 bridgehead atoms. The first-order chi connectivity index (χ1) is 36.1. The molecule has 3 aromatic heterocycles. The van der Waals surface area contributed by atoms with E-state index in [-0.39, 0.29) is 5.41 Å². The van der Waals surface area contributed by atoms with E-state index in [0.29, 0.717) is 0 Å². The number of benzene rings is 10. The first kappa shape index (κ1) is 40.6. The zero-order valence-electron chi connectivity index (χ0n) is 40.4. The predicted molar refractivity (Wildman–Crippen MR) is 308 cm³/mol. The van der Waals surface area contributed by atoms with E-state index < -0.39 is 0 Å². The lowest BCUT2D eigenvalue weighted by molar-refractivity contribution is -0.0399. The van der Waals surface area contributed by atoms with Crippen LogP contribution in [0.2, 0.25) is 0 Å². The molecule has 4 fully saturated rings. The number of hydrogen-bond acceptors (Lipinski definition) is 1. The Labute approximate surface area is 428 Å². The molecule has 5 aliphatic rings. The van der Waals surface area contributed by atoms with Gasteiger partial charge in [-0.3, -0.25) is 0 Å². The van der Waals surface area contributed by atoms with Crippen LogP contribution in [-0.4, -0.2) is 9.13 Å². The van der Waals surface area contributed by atoms with Gasteiger partial charge in [0.25, 0.3) is 0 Å². The standard InChI is InChI=1S/C70H50N2S/c1-2-13-44(14-3-1)45-15-12-16-51(36-45)71-64-22-9-5-18-55(64)57-29-25-46(38-66(57)71)47-26-30-58-56-19-6-10-23-65(56)72(67(58)39-47)52-40-60(69-61(41-52)59-20-7-11-24-68(59)73-69)48-27-28-54-53-17-4-8-21-62(53)70(63(54)37-48)49-32-42-31-43(34-49)35-50(70)33-42/h1-30,36-43,49-50H,31-35H2. The minimum atomic E-state index is 0.110. The van der Waals surface area contributed by atoms with Gasteiger partial charge in [-0.25, -0.2) is 0 Å². The van der Waals surface area contributed by atoms with Gasteiger partial charge < -0.3 is 9.13 Å². The van der Waals surface area contributed by atoms with Crippen LogP contribution in [0, 0.1) is 23.7 Å². The van der Waals surface area contributed by atoms with Crippen molar-refractivity contribution in [1.82, 2.24) is 9.13 Å². The molecule has 1 spiro atoms. The molecule has 0 saturated heterocycles. The number of fused-ring (bicyclic) bond motifs is 12. The maximum Gasteiger partial charge on any atom is 0.0547 e. The molecule has 0 radical (unpaired) electrons. The molecule has 5 aliphatic carbocycles. The highest BCUT2D eigenvalue weighted by molar-refractivity contribution is 7.26. The fraction of sp³-hybridized carbons (Fsp3) is 0.143. The molecule has 346 valence electrons. The lowest BCUT2D eigenvalue weighted by Gasteiger charge is -2.61. The molecular weight excluding hydrogens is 901 g/mol. The van der Waals surface area contributed by atoms with Gasteiger partial charge in [0, 0.05) is 64.1 Å². The average Bonchev–Trinajstić information content (AvgIpc) is 4.20. The van der Waals surface area contributed by atoms with Crippen LogP contribution in [0.4, 0.5) is 0 Å². The summed E-state index contributed by atoms with van der Waals surface area (Å²) in [5.41, 5.74) is 21.0. The monoisotopic (exact) mass is 950 g/mol. The van der Waals surface area contributed by atoms with Gasteiger partial charge in [-0.05, 0) is 167 Å². The molecule has 0 N–H and O–H groups in total. The Morgan fingerprint density at radius 2 is 0.890 bits per heavy atom. The molecule has 0 aliphatic heterocycles. The average molecular weight is 951 g/mol. The Morgan fingerprint density at radius 1 is 0.329 bits per heavy atom. The summed E-state index contributed by atoms with van der Waals surface area (Å²) in [6.07, 6.45) is 7.00. The van der Waals surface area contributed by atoms with Crippen molar-refractivity contribution in [3.63, 3.8) is 0 Å². The van der Waals surface area contributed by atoms with Crippen LogP contribution in [0.3, 0.4) is 0 Å². The number of aromatic nitrogens is 2. The minimum absolute atomic E-state index is 0.110. The lowest BCUT2D eigenvalue weighted by atomic mass is 9.43. The second-order valence-corrected chi connectivity index (χ2v) is 23.1. The fourth-order valence-corrected chi connectivity index (χ4v) is 17.0. The van der Waals surface area contributed by atoms with Crippen molar-refractivity contribution < 1.29 is 0 Å². The molecule has 2 nitrogen and oxygen atoms in total. The summed E-state index contributed by atoms with van der Waals surface area (Å²) in [4.78, 5) is 0. The lowest BCUT2D eigenvalue weighted by Crippen LogP contribution is -2.55. The number of rotatable bonds is 5. The topological polar surface area (TPSA) is 9.86 Å². The predicted octanol–water partition coefficient (Wildman–Crippen LogP) is 19.0. The van der Waals surface area contributed by atoms with Gasteiger partial charge in [-0.1, -0.05) is 158 Å². The summed E-state index contributed by atoms with van der Waals surface area (Å²) < 4.78 is 7.74. The van der Waals surface area contributed by atoms with Crippen molar-refractivity contribution in [2.45, 2.75) is 37.5 Å². The van der Waals surface area contributed by atoms with E-state index >= 15 is 0 Å². The van der Waals surface area contributed by atoms with E-state index in [9.17, 15) is 0 Å². The third kappa shape index (κ3) is 5.64. The van der Waals surface area contributed by atoms with E-state index in [1.807, 2.05) is 11.3 Å². The molecular formula is C70H50N2S. The summed E-state index contributed by atoms with van der Waals surface area (Å²) in [6.45, 7) is 0. The highest BCUT2D eigenvalue weighted by Gasteiger charge is 2.61.